The molecule has 2 amide bonds. The monoisotopic (exact) mass is 729 g/mol. The van der Waals surface area contributed by atoms with E-state index < -0.39 is 5.97 Å². The van der Waals surface area contributed by atoms with E-state index in [0.29, 0.717) is 41.7 Å². The summed E-state index contributed by atoms with van der Waals surface area (Å²) in [6.07, 6.45) is 15.0. The number of hydrogen-bond acceptors (Lipinski definition) is 2. The summed E-state index contributed by atoms with van der Waals surface area (Å²) in [6.45, 7) is 21.1. The standard InChI is InChI=1S/C48H63N3O3/c1-31(2)35-19-25-48(49-43(54)50(8)29-30-51-28-22-33-11-9-10-12-38(33)51)27-26-46(6)37(41(35)48)17-18-40-45(5)23-20-36(32-13-15-34(16-14-32)42(52)53)44(3,4)39(45)21-24-47(40,46)7/h9-16,20,22,28,35,37,39-41H,1,17-19,21,23-27,29-30H2,2-8H3,(H,49,54)(H,52,53)/t35-,37+,39-,40+,41+,45-,46+,47+,48-/m0/s1. The number of nitrogens with one attached hydrogen (secondary N) is 1. The Labute approximate surface area is 323 Å². The first kappa shape index (κ1) is 37.1. The molecule has 0 radical (unpaired) electrons. The van der Waals surface area contributed by atoms with Crippen molar-refractivity contribution >= 4 is 28.5 Å². The van der Waals surface area contributed by atoms with E-state index in [1.807, 2.05) is 24.1 Å². The number of fused-ring (bicyclic) bond motifs is 8. The zero-order chi connectivity index (χ0) is 38.4. The van der Waals surface area contributed by atoms with Crippen LogP contribution in [0.4, 0.5) is 4.79 Å². The number of allylic oxidation sites excluding steroid dienone is 3. The Morgan fingerprint density at radius 3 is 2.35 bits per heavy atom. The van der Waals surface area contributed by atoms with Crippen LogP contribution in [0.5, 0.6) is 0 Å². The Morgan fingerprint density at radius 1 is 0.889 bits per heavy atom. The molecule has 0 bridgehead atoms. The summed E-state index contributed by atoms with van der Waals surface area (Å²) in [7, 11) is 1.97. The van der Waals surface area contributed by atoms with Gasteiger partial charge in [0.2, 0.25) is 0 Å². The number of para-hydroxylation sites is 1. The number of nitrogens with zero attached hydrogens (tertiary/aromatic N) is 2. The number of carboxylic acids is 1. The van der Waals surface area contributed by atoms with Gasteiger partial charge in [0.15, 0.2) is 0 Å². The maximum atomic E-state index is 14.2. The molecule has 0 aliphatic heterocycles. The number of carbonyl (C=O) groups is 2. The topological polar surface area (TPSA) is 74.6 Å². The van der Waals surface area contributed by atoms with Crippen LogP contribution in [0, 0.1) is 51.2 Å². The second-order valence-corrected chi connectivity index (χ2v) is 19.7. The van der Waals surface area contributed by atoms with Crippen LogP contribution in [0.3, 0.4) is 0 Å². The van der Waals surface area contributed by atoms with Gasteiger partial charge in [0.05, 0.1) is 5.56 Å². The molecule has 1 aromatic heterocycles. The van der Waals surface area contributed by atoms with Crippen molar-refractivity contribution in [2.45, 2.75) is 111 Å². The predicted octanol–water partition coefficient (Wildman–Crippen LogP) is 11.1. The quantitative estimate of drug-likeness (QED) is 0.238. The molecule has 0 unspecified atom stereocenters. The summed E-state index contributed by atoms with van der Waals surface area (Å²) in [6, 6.07) is 18.3. The fourth-order valence-electron chi connectivity index (χ4n) is 14.3. The Balaban J connectivity index is 1.05. The Morgan fingerprint density at radius 2 is 1.63 bits per heavy atom. The van der Waals surface area contributed by atoms with Gasteiger partial charge in [-0.1, -0.05) is 83.2 Å². The number of aromatic carboxylic acids is 1. The summed E-state index contributed by atoms with van der Waals surface area (Å²) in [5.41, 5.74) is 5.77. The highest BCUT2D eigenvalue weighted by molar-refractivity contribution is 5.88. The molecule has 5 aliphatic rings. The van der Waals surface area contributed by atoms with Crippen LogP contribution < -0.4 is 5.32 Å². The molecular weight excluding hydrogens is 667 g/mol. The van der Waals surface area contributed by atoms with E-state index in [4.69, 9.17) is 0 Å². The lowest BCUT2D eigenvalue weighted by atomic mass is 9.33. The molecule has 2 N–H and O–H groups in total. The van der Waals surface area contributed by atoms with E-state index >= 15 is 0 Å². The number of hydrogen-bond donors (Lipinski definition) is 2. The number of benzene rings is 2. The van der Waals surface area contributed by atoms with Crippen LogP contribution in [0.2, 0.25) is 0 Å². The largest absolute Gasteiger partial charge is 0.478 e. The van der Waals surface area contributed by atoms with Crippen molar-refractivity contribution in [1.82, 2.24) is 14.8 Å². The van der Waals surface area contributed by atoms with E-state index in [1.165, 1.54) is 47.7 Å². The average molecular weight is 730 g/mol. The van der Waals surface area contributed by atoms with Gasteiger partial charge in [-0.3, -0.25) is 0 Å². The summed E-state index contributed by atoms with van der Waals surface area (Å²) in [5, 5.41) is 14.5. The lowest BCUT2D eigenvalue weighted by Crippen LogP contribution is -2.68. The van der Waals surface area contributed by atoms with Crippen molar-refractivity contribution in [3.8, 4) is 0 Å². The minimum Gasteiger partial charge on any atom is -0.478 e. The van der Waals surface area contributed by atoms with Crippen LogP contribution in [0.1, 0.15) is 115 Å². The summed E-state index contributed by atoms with van der Waals surface area (Å²) < 4.78 is 2.26. The molecule has 2 aromatic carbocycles. The average Bonchev–Trinajstić information content (AvgIpc) is 3.72. The predicted molar refractivity (Wildman–Crippen MR) is 219 cm³/mol. The highest BCUT2D eigenvalue weighted by Crippen LogP contribution is 2.76. The van der Waals surface area contributed by atoms with Gasteiger partial charge in [0, 0.05) is 37.4 Å². The molecular formula is C48H63N3O3. The number of rotatable bonds is 7. The molecule has 0 saturated heterocycles. The first-order valence-electron chi connectivity index (χ1n) is 20.8. The smallest absolute Gasteiger partial charge is 0.335 e. The van der Waals surface area contributed by atoms with E-state index in [1.54, 1.807) is 12.1 Å². The van der Waals surface area contributed by atoms with E-state index in [9.17, 15) is 14.7 Å². The van der Waals surface area contributed by atoms with Gasteiger partial charge in [-0.05, 0) is 157 Å². The van der Waals surface area contributed by atoms with Gasteiger partial charge >= 0.3 is 12.0 Å². The third-order valence-corrected chi connectivity index (χ3v) is 17.1. The van der Waals surface area contributed by atoms with Gasteiger partial charge < -0.3 is 19.9 Å². The first-order chi connectivity index (χ1) is 25.6. The van der Waals surface area contributed by atoms with Crippen molar-refractivity contribution in [1.29, 1.82) is 0 Å². The van der Waals surface area contributed by atoms with E-state index in [2.05, 4.69) is 101 Å². The zero-order valence-corrected chi connectivity index (χ0v) is 33.9. The maximum Gasteiger partial charge on any atom is 0.335 e. The second-order valence-electron chi connectivity index (χ2n) is 19.7. The number of aromatic nitrogens is 1. The Bertz CT molecular complexity index is 2010. The van der Waals surface area contributed by atoms with Crippen LogP contribution in [-0.2, 0) is 6.54 Å². The molecule has 9 atom stereocenters. The van der Waals surface area contributed by atoms with Crippen LogP contribution >= 0.6 is 0 Å². The highest BCUT2D eigenvalue weighted by Gasteiger charge is 2.70. The van der Waals surface area contributed by atoms with Gasteiger partial charge in [0.25, 0.3) is 0 Å². The normalized spacial score (nSPS) is 36.6. The lowest BCUT2D eigenvalue weighted by Gasteiger charge is -2.72. The van der Waals surface area contributed by atoms with Crippen LogP contribution in [0.25, 0.3) is 16.5 Å². The molecule has 6 nitrogen and oxygen atoms in total. The number of urea groups is 1. The van der Waals surface area contributed by atoms with E-state index in [0.717, 1.165) is 44.2 Å². The van der Waals surface area contributed by atoms with Gasteiger partial charge in [0.1, 0.15) is 0 Å². The van der Waals surface area contributed by atoms with Gasteiger partial charge in [-0.25, -0.2) is 9.59 Å². The fraction of sp³-hybridized carbons (Fsp3) is 0.583. The zero-order valence-electron chi connectivity index (χ0n) is 33.9. The summed E-state index contributed by atoms with van der Waals surface area (Å²) in [5.74, 6) is 1.69. The third-order valence-electron chi connectivity index (χ3n) is 17.1. The minimum absolute atomic E-state index is 0.0141. The van der Waals surface area contributed by atoms with Gasteiger partial charge in [-0.15, -0.1) is 0 Å². The number of carbonyl (C=O) groups excluding carboxylic acids is 1. The Hall–Kier alpha value is -3.80. The minimum atomic E-state index is -0.874. The molecule has 1 heterocycles. The van der Waals surface area contributed by atoms with Crippen LogP contribution in [-0.4, -0.2) is 45.7 Å². The van der Waals surface area contributed by atoms with Crippen molar-refractivity contribution in [2.75, 3.05) is 13.6 Å². The van der Waals surface area contributed by atoms with Crippen molar-refractivity contribution in [3.05, 3.63) is 90.1 Å². The fourth-order valence-corrected chi connectivity index (χ4v) is 14.3. The van der Waals surface area contributed by atoms with Gasteiger partial charge in [-0.2, -0.15) is 0 Å². The SMILES string of the molecule is C=C(C)[C@@H]1CC[C@]2(NC(=O)N(C)CCn3ccc4ccccc43)CC[C@]3(C)[C@H](CC[C@@H]4[C@@]5(C)CC=C(c6ccc(C(=O)O)cc6)C(C)(C)[C@@H]5CC[C@]43C)[C@@H]12. The van der Waals surface area contributed by atoms with Crippen molar-refractivity contribution in [2.24, 2.45) is 51.2 Å². The third kappa shape index (κ3) is 5.39. The number of likely N-dealkylation sites (N-methyl/N-ethyl adjacent to an activating group) is 1. The summed E-state index contributed by atoms with van der Waals surface area (Å²) >= 11 is 0. The van der Waals surface area contributed by atoms with Crippen molar-refractivity contribution < 1.29 is 14.7 Å². The molecule has 4 fully saturated rings. The number of carboxylic acid groups (broad SMARTS) is 1. The molecule has 0 spiro atoms. The molecule has 4 saturated carbocycles. The van der Waals surface area contributed by atoms with Crippen molar-refractivity contribution in [3.63, 3.8) is 0 Å². The molecule has 54 heavy (non-hydrogen) atoms. The number of amides is 2. The molecule has 288 valence electrons. The molecule has 3 aromatic rings. The molecule has 5 aliphatic carbocycles. The Kier molecular flexibility index (Phi) is 8.86. The summed E-state index contributed by atoms with van der Waals surface area (Å²) in [4.78, 5) is 27.7. The van der Waals surface area contributed by atoms with Crippen LogP contribution in [0.15, 0.2) is 79.0 Å². The molecule has 6 heteroatoms. The lowest BCUT2D eigenvalue weighted by molar-refractivity contribution is -0.218. The first-order valence-corrected chi connectivity index (χ1v) is 20.8. The second kappa shape index (κ2) is 12.9. The highest BCUT2D eigenvalue weighted by atomic mass is 16.4. The molecule has 8 rings (SSSR count). The van der Waals surface area contributed by atoms with E-state index in [-0.39, 0.29) is 33.2 Å². The maximum absolute atomic E-state index is 14.2.